The van der Waals surface area contributed by atoms with Crippen molar-refractivity contribution in [1.82, 2.24) is 0 Å². The van der Waals surface area contributed by atoms with Gasteiger partial charge in [-0.1, -0.05) is 18.6 Å². The summed E-state index contributed by atoms with van der Waals surface area (Å²) in [4.78, 5) is 12.3. The lowest BCUT2D eigenvalue weighted by atomic mass is 9.95. The number of halogens is 3. The molecule has 1 aromatic rings. The monoisotopic (exact) mass is 316 g/mol. The topological polar surface area (TPSA) is 64.4 Å². The number of carbonyl (C=O) groups is 1. The molecule has 0 heterocycles. The number of carbonyl (C=O) groups excluding carboxylic acids is 1. The Labute approximate surface area is 126 Å². The Kier molecular flexibility index (Phi) is 5.28. The highest BCUT2D eigenvalue weighted by molar-refractivity contribution is 5.94. The molecule has 7 heteroatoms. The van der Waals surface area contributed by atoms with Crippen LogP contribution < -0.4 is 15.8 Å². The van der Waals surface area contributed by atoms with Crippen LogP contribution in [0.15, 0.2) is 24.3 Å². The molecule has 0 radical (unpaired) electrons. The molecule has 122 valence electrons. The number of benzene rings is 1. The Morgan fingerprint density at radius 3 is 2.73 bits per heavy atom. The van der Waals surface area contributed by atoms with E-state index in [-0.39, 0.29) is 29.2 Å². The number of nitrogens with one attached hydrogen (secondary N) is 1. The number of ether oxygens (including phenoxy) is 1. The number of para-hydroxylation sites is 2. The maximum atomic E-state index is 12.3. The van der Waals surface area contributed by atoms with Crippen molar-refractivity contribution in [3.8, 4) is 5.75 Å². The first-order valence-electron chi connectivity index (χ1n) is 7.20. The van der Waals surface area contributed by atoms with Crippen molar-refractivity contribution >= 4 is 11.6 Å². The smallest absolute Gasteiger partial charge is 0.422 e. The van der Waals surface area contributed by atoms with Crippen LogP contribution in [0.1, 0.15) is 19.3 Å². The molecule has 22 heavy (non-hydrogen) atoms. The maximum Gasteiger partial charge on any atom is 0.422 e. The predicted octanol–water partition coefficient (Wildman–Crippen LogP) is 2.94. The highest BCUT2D eigenvalue weighted by Crippen LogP contribution is 2.33. The van der Waals surface area contributed by atoms with E-state index in [4.69, 9.17) is 10.5 Å². The first kappa shape index (κ1) is 16.6. The van der Waals surface area contributed by atoms with Gasteiger partial charge in [-0.25, -0.2) is 0 Å². The second-order valence-electron chi connectivity index (χ2n) is 5.42. The molecule has 1 aliphatic rings. The Balaban J connectivity index is 2.04. The number of hydrogen-bond acceptors (Lipinski definition) is 3. The van der Waals surface area contributed by atoms with E-state index < -0.39 is 12.8 Å². The van der Waals surface area contributed by atoms with Crippen molar-refractivity contribution in [3.05, 3.63) is 24.3 Å². The summed E-state index contributed by atoms with van der Waals surface area (Å²) in [5.41, 5.74) is 5.90. The van der Waals surface area contributed by atoms with Crippen molar-refractivity contribution in [2.45, 2.75) is 25.4 Å². The third kappa shape index (κ3) is 4.37. The molecule has 1 aliphatic carbocycles. The zero-order chi connectivity index (χ0) is 16.2. The van der Waals surface area contributed by atoms with E-state index in [0.29, 0.717) is 6.54 Å². The molecule has 0 aliphatic heterocycles. The van der Waals surface area contributed by atoms with E-state index in [1.165, 1.54) is 12.1 Å². The molecule has 1 saturated carbocycles. The van der Waals surface area contributed by atoms with Crippen LogP contribution in [-0.4, -0.2) is 25.2 Å². The summed E-state index contributed by atoms with van der Waals surface area (Å²) >= 11 is 0. The number of nitrogens with two attached hydrogens (primary N) is 1. The van der Waals surface area contributed by atoms with E-state index in [0.717, 1.165) is 19.3 Å². The van der Waals surface area contributed by atoms with Crippen molar-refractivity contribution in [2.75, 3.05) is 18.5 Å². The summed E-state index contributed by atoms with van der Waals surface area (Å²) in [6, 6.07) is 6.11. The molecule has 3 N–H and O–H groups in total. The van der Waals surface area contributed by atoms with Crippen molar-refractivity contribution in [1.29, 1.82) is 0 Å². The standard InChI is InChI=1S/C15H19F3N2O2/c16-15(17,18)9-22-13-7-2-1-6-12(13)20-14(21)11-5-3-4-10(11)8-19/h1-2,6-7,10-11H,3-5,8-9,19H2,(H,20,21)/t10-,11-/m1/s1. The quantitative estimate of drug-likeness (QED) is 0.878. The molecule has 1 aromatic carbocycles. The van der Waals surface area contributed by atoms with Crippen LogP contribution in [0, 0.1) is 11.8 Å². The summed E-state index contributed by atoms with van der Waals surface area (Å²) in [7, 11) is 0. The number of anilines is 1. The Morgan fingerprint density at radius 2 is 2.05 bits per heavy atom. The maximum absolute atomic E-state index is 12.3. The fraction of sp³-hybridized carbons (Fsp3) is 0.533. The molecule has 4 nitrogen and oxygen atoms in total. The Bertz CT molecular complexity index is 520. The van der Waals surface area contributed by atoms with E-state index in [2.05, 4.69) is 5.32 Å². The molecule has 0 saturated heterocycles. The molecule has 0 aromatic heterocycles. The van der Waals surface area contributed by atoms with Crippen LogP contribution in [0.2, 0.25) is 0 Å². The van der Waals surface area contributed by atoms with Gasteiger partial charge in [0.2, 0.25) is 5.91 Å². The van der Waals surface area contributed by atoms with Crippen molar-refractivity contribution < 1.29 is 22.7 Å². The fourth-order valence-electron chi connectivity index (χ4n) is 2.74. The largest absolute Gasteiger partial charge is 0.482 e. The third-order valence-electron chi connectivity index (χ3n) is 3.83. The van der Waals surface area contributed by atoms with Gasteiger partial charge in [-0.2, -0.15) is 13.2 Å². The second kappa shape index (κ2) is 7.00. The number of rotatable bonds is 5. The van der Waals surface area contributed by atoms with Crippen LogP contribution in [0.3, 0.4) is 0 Å². The minimum atomic E-state index is -4.42. The first-order valence-corrected chi connectivity index (χ1v) is 7.20. The predicted molar refractivity (Wildman–Crippen MR) is 76.5 cm³/mol. The van der Waals surface area contributed by atoms with Gasteiger partial charge >= 0.3 is 6.18 Å². The van der Waals surface area contributed by atoms with Gasteiger partial charge in [0.05, 0.1) is 5.69 Å². The van der Waals surface area contributed by atoms with Gasteiger partial charge in [-0.15, -0.1) is 0 Å². The van der Waals surface area contributed by atoms with Crippen LogP contribution in [-0.2, 0) is 4.79 Å². The van der Waals surface area contributed by atoms with Gasteiger partial charge < -0.3 is 15.8 Å². The van der Waals surface area contributed by atoms with Crippen molar-refractivity contribution in [2.24, 2.45) is 17.6 Å². The second-order valence-corrected chi connectivity index (χ2v) is 5.42. The highest BCUT2D eigenvalue weighted by atomic mass is 19.4. The van der Waals surface area contributed by atoms with E-state index in [9.17, 15) is 18.0 Å². The minimum Gasteiger partial charge on any atom is -0.482 e. The summed E-state index contributed by atoms with van der Waals surface area (Å²) in [6.07, 6.45) is -1.83. The number of hydrogen-bond donors (Lipinski definition) is 2. The third-order valence-corrected chi connectivity index (χ3v) is 3.83. The van der Waals surface area contributed by atoms with Crippen LogP contribution in [0.4, 0.5) is 18.9 Å². The van der Waals surface area contributed by atoms with Crippen molar-refractivity contribution in [3.63, 3.8) is 0 Å². The molecule has 0 bridgehead atoms. The van der Waals surface area contributed by atoms with Gasteiger partial charge in [-0.05, 0) is 37.4 Å². The lowest BCUT2D eigenvalue weighted by Gasteiger charge is -2.19. The first-order chi connectivity index (χ1) is 10.4. The van der Waals surface area contributed by atoms with Crippen LogP contribution in [0.25, 0.3) is 0 Å². The lowest BCUT2D eigenvalue weighted by molar-refractivity contribution is -0.153. The molecular formula is C15H19F3N2O2. The van der Waals surface area contributed by atoms with Gasteiger partial charge in [0.15, 0.2) is 6.61 Å². The van der Waals surface area contributed by atoms with Gasteiger partial charge in [0.25, 0.3) is 0 Å². The normalized spacial score (nSPS) is 21.6. The van der Waals surface area contributed by atoms with E-state index in [1.807, 2.05) is 0 Å². The number of alkyl halides is 3. The molecule has 1 fully saturated rings. The number of amides is 1. The molecule has 0 spiro atoms. The van der Waals surface area contributed by atoms with Gasteiger partial charge in [-0.3, -0.25) is 4.79 Å². The van der Waals surface area contributed by atoms with Gasteiger partial charge in [0.1, 0.15) is 5.75 Å². The summed E-state index contributed by atoms with van der Waals surface area (Å²) in [6.45, 7) is -0.959. The van der Waals surface area contributed by atoms with E-state index >= 15 is 0 Å². The van der Waals surface area contributed by atoms with Crippen LogP contribution >= 0.6 is 0 Å². The summed E-state index contributed by atoms with van der Waals surface area (Å²) in [5.74, 6) is -0.268. The SMILES string of the molecule is NC[C@H]1CCC[C@H]1C(=O)Nc1ccccc1OCC(F)(F)F. The minimum absolute atomic E-state index is 0.00969. The lowest BCUT2D eigenvalue weighted by Crippen LogP contribution is -2.30. The van der Waals surface area contributed by atoms with Gasteiger partial charge in [0, 0.05) is 5.92 Å². The Morgan fingerprint density at radius 1 is 1.32 bits per heavy atom. The zero-order valence-corrected chi connectivity index (χ0v) is 12.0. The zero-order valence-electron chi connectivity index (χ0n) is 12.0. The highest BCUT2D eigenvalue weighted by Gasteiger charge is 2.32. The fourth-order valence-corrected chi connectivity index (χ4v) is 2.74. The molecule has 1 amide bonds. The Hall–Kier alpha value is -1.76. The van der Waals surface area contributed by atoms with Crippen LogP contribution in [0.5, 0.6) is 5.75 Å². The molecule has 2 rings (SSSR count). The molecule has 2 atom stereocenters. The molecular weight excluding hydrogens is 297 g/mol. The summed E-state index contributed by atoms with van der Waals surface area (Å²) in [5, 5.41) is 2.67. The molecule has 0 unspecified atom stereocenters. The summed E-state index contributed by atoms with van der Waals surface area (Å²) < 4.78 is 41.5. The average molecular weight is 316 g/mol. The van der Waals surface area contributed by atoms with E-state index in [1.54, 1.807) is 12.1 Å². The average Bonchev–Trinajstić information content (AvgIpc) is 2.94.